The molecule has 1 unspecified atom stereocenters. The summed E-state index contributed by atoms with van der Waals surface area (Å²) in [7, 11) is -4.53. The minimum atomic E-state index is -4.53. The molecule has 6 nitrogen and oxygen atoms in total. The molecule has 0 heterocycles. The molecular formula is C16H12F2N2O4S2. The highest BCUT2D eigenvalue weighted by Crippen LogP contribution is 2.32. The number of benzene rings is 3. The summed E-state index contributed by atoms with van der Waals surface area (Å²) in [5, 5.41) is 0.826. The molecule has 0 saturated carbocycles. The molecule has 10 heteroatoms. The van der Waals surface area contributed by atoms with Crippen LogP contribution in [0.5, 0.6) is 0 Å². The summed E-state index contributed by atoms with van der Waals surface area (Å²) >= 11 is -2.32. The number of anilines is 2. The van der Waals surface area contributed by atoms with Crippen molar-refractivity contribution < 1.29 is 26.0 Å². The largest absolute Gasteiger partial charge is 0.289 e. The molecule has 3 rings (SSSR count). The molecule has 3 N–H and O–H groups in total. The minimum absolute atomic E-state index is 0.0672. The number of hydrogen-bond acceptors (Lipinski definition) is 3. The van der Waals surface area contributed by atoms with Crippen molar-refractivity contribution in [1.29, 1.82) is 0 Å². The van der Waals surface area contributed by atoms with Gasteiger partial charge in [0.15, 0.2) is 4.90 Å². The molecule has 0 fully saturated rings. The molecule has 0 bridgehead atoms. The van der Waals surface area contributed by atoms with Gasteiger partial charge in [0.1, 0.15) is 11.6 Å². The fraction of sp³-hybridized carbons (Fsp3) is 0. The number of sulfonamides is 1. The zero-order valence-electron chi connectivity index (χ0n) is 12.9. The first kappa shape index (κ1) is 18.2. The molecule has 0 aliphatic carbocycles. The van der Waals surface area contributed by atoms with Gasteiger partial charge in [-0.25, -0.2) is 21.4 Å². The topological polar surface area (TPSA) is 95.5 Å². The van der Waals surface area contributed by atoms with Crippen LogP contribution in [-0.4, -0.2) is 17.2 Å². The van der Waals surface area contributed by atoms with Crippen LogP contribution in [0.3, 0.4) is 0 Å². The lowest BCUT2D eigenvalue weighted by molar-refractivity contribution is 0.521. The highest BCUT2D eigenvalue weighted by Gasteiger charge is 2.24. The Kier molecular flexibility index (Phi) is 4.90. The van der Waals surface area contributed by atoms with Gasteiger partial charge in [-0.2, -0.15) is 0 Å². The molecule has 136 valence electrons. The van der Waals surface area contributed by atoms with Gasteiger partial charge in [-0.3, -0.25) is 14.0 Å². The van der Waals surface area contributed by atoms with E-state index in [2.05, 4.69) is 9.44 Å². The van der Waals surface area contributed by atoms with E-state index in [-0.39, 0.29) is 5.69 Å². The van der Waals surface area contributed by atoms with Gasteiger partial charge in [0.25, 0.3) is 21.3 Å². The fourth-order valence-electron chi connectivity index (χ4n) is 2.51. The molecular weight excluding hydrogens is 386 g/mol. The van der Waals surface area contributed by atoms with Gasteiger partial charge in [0.2, 0.25) is 0 Å². The van der Waals surface area contributed by atoms with Gasteiger partial charge < -0.3 is 0 Å². The number of hydrogen-bond donors (Lipinski definition) is 3. The van der Waals surface area contributed by atoms with Crippen LogP contribution in [0.1, 0.15) is 0 Å². The average molecular weight is 398 g/mol. The van der Waals surface area contributed by atoms with Crippen LogP contribution in [0.15, 0.2) is 59.5 Å². The van der Waals surface area contributed by atoms with E-state index in [0.29, 0.717) is 16.5 Å². The zero-order valence-corrected chi connectivity index (χ0v) is 14.6. The van der Waals surface area contributed by atoms with E-state index >= 15 is 0 Å². The maximum atomic E-state index is 13.8. The van der Waals surface area contributed by atoms with Crippen molar-refractivity contribution >= 4 is 43.4 Å². The van der Waals surface area contributed by atoms with Crippen LogP contribution in [0.25, 0.3) is 10.8 Å². The lowest BCUT2D eigenvalue weighted by Crippen LogP contribution is -2.16. The molecule has 26 heavy (non-hydrogen) atoms. The Bertz CT molecular complexity index is 1100. The standard InChI is InChI=1S/C16H12F2N2O4S2/c17-12-6-3-7-13(18)16(12)26(23,24)20-15-9-8-14(19-25(21)22)10-4-1-2-5-11(10)15/h1-9,19-20H,(H,21,22). The van der Waals surface area contributed by atoms with Gasteiger partial charge in [0.05, 0.1) is 11.4 Å². The average Bonchev–Trinajstić information content (AvgIpc) is 2.56. The summed E-state index contributed by atoms with van der Waals surface area (Å²) in [6.45, 7) is 0. The van der Waals surface area contributed by atoms with Crippen LogP contribution < -0.4 is 9.44 Å². The molecule has 0 amide bonds. The third kappa shape index (κ3) is 3.52. The van der Waals surface area contributed by atoms with Crippen molar-refractivity contribution in [3.8, 4) is 0 Å². The maximum absolute atomic E-state index is 13.8. The second-order valence-corrected chi connectivity index (χ2v) is 7.54. The van der Waals surface area contributed by atoms with Gasteiger partial charge in [0, 0.05) is 10.8 Å². The predicted molar refractivity (Wildman–Crippen MR) is 95.5 cm³/mol. The molecule has 0 aromatic heterocycles. The Labute approximate surface area is 150 Å². The van der Waals surface area contributed by atoms with Crippen molar-refractivity contribution in [2.24, 2.45) is 0 Å². The first-order chi connectivity index (χ1) is 12.3. The monoisotopic (exact) mass is 398 g/mol. The molecule has 3 aromatic carbocycles. The summed E-state index contributed by atoms with van der Waals surface area (Å²) in [6.07, 6.45) is 0. The minimum Gasteiger partial charge on any atom is -0.289 e. The van der Waals surface area contributed by atoms with Crippen LogP contribution in [0.2, 0.25) is 0 Å². The molecule has 0 radical (unpaired) electrons. The Morgan fingerprint density at radius 2 is 1.38 bits per heavy atom. The van der Waals surface area contributed by atoms with Crippen molar-refractivity contribution in [2.45, 2.75) is 4.90 Å². The molecule has 3 aromatic rings. The molecule has 0 aliphatic heterocycles. The fourth-order valence-corrected chi connectivity index (χ4v) is 4.09. The summed E-state index contributed by atoms with van der Waals surface area (Å²) in [4.78, 5) is -1.08. The van der Waals surface area contributed by atoms with E-state index in [0.717, 1.165) is 18.2 Å². The number of fused-ring (bicyclic) bond motifs is 1. The first-order valence-corrected chi connectivity index (χ1v) is 9.74. The molecule has 0 spiro atoms. The maximum Gasteiger partial charge on any atom is 0.267 e. The third-order valence-corrected chi connectivity index (χ3v) is 5.36. The van der Waals surface area contributed by atoms with E-state index in [1.54, 1.807) is 24.3 Å². The number of nitrogens with one attached hydrogen (secondary N) is 2. The first-order valence-electron chi connectivity index (χ1n) is 7.15. The Morgan fingerprint density at radius 1 is 0.846 bits per heavy atom. The number of rotatable bonds is 5. The summed E-state index contributed by atoms with van der Waals surface area (Å²) < 4.78 is 77.1. The summed E-state index contributed by atoms with van der Waals surface area (Å²) in [6, 6.07) is 11.9. The van der Waals surface area contributed by atoms with Crippen molar-refractivity contribution in [2.75, 3.05) is 9.44 Å². The van der Waals surface area contributed by atoms with E-state index in [1.807, 2.05) is 0 Å². The lowest BCUT2D eigenvalue weighted by Gasteiger charge is -2.14. The predicted octanol–water partition coefficient (Wildman–Crippen LogP) is 3.47. The normalized spacial score (nSPS) is 12.7. The van der Waals surface area contributed by atoms with Crippen LogP contribution >= 0.6 is 0 Å². The van der Waals surface area contributed by atoms with Gasteiger partial charge in [-0.05, 0) is 24.3 Å². The smallest absolute Gasteiger partial charge is 0.267 e. The Balaban J connectivity index is 2.11. The quantitative estimate of drug-likeness (QED) is 0.574. The van der Waals surface area contributed by atoms with Gasteiger partial charge in [-0.1, -0.05) is 30.3 Å². The van der Waals surface area contributed by atoms with Crippen LogP contribution in [-0.2, 0) is 21.3 Å². The van der Waals surface area contributed by atoms with Crippen molar-refractivity contribution in [1.82, 2.24) is 0 Å². The Hall–Kier alpha value is -2.56. The Morgan fingerprint density at radius 3 is 1.96 bits per heavy atom. The highest BCUT2D eigenvalue weighted by atomic mass is 32.2. The highest BCUT2D eigenvalue weighted by molar-refractivity contribution is 7.92. The molecule has 0 aliphatic rings. The van der Waals surface area contributed by atoms with E-state index < -0.39 is 37.8 Å². The van der Waals surface area contributed by atoms with E-state index in [1.165, 1.54) is 12.1 Å². The second-order valence-electron chi connectivity index (χ2n) is 5.21. The SMILES string of the molecule is O=S(O)Nc1ccc(NS(=O)(=O)c2c(F)cccc2F)c2ccccc12. The number of halogens is 2. The van der Waals surface area contributed by atoms with E-state index in [9.17, 15) is 21.4 Å². The second kappa shape index (κ2) is 6.98. The summed E-state index contributed by atoms with van der Waals surface area (Å²) in [5.41, 5.74) is 0.360. The van der Waals surface area contributed by atoms with Crippen molar-refractivity contribution in [3.05, 3.63) is 66.2 Å². The molecule has 1 atom stereocenters. The zero-order chi connectivity index (χ0) is 18.9. The van der Waals surface area contributed by atoms with Crippen LogP contribution in [0, 0.1) is 11.6 Å². The van der Waals surface area contributed by atoms with E-state index in [4.69, 9.17) is 4.55 Å². The summed E-state index contributed by atoms with van der Waals surface area (Å²) in [5.74, 6) is -2.42. The van der Waals surface area contributed by atoms with Gasteiger partial charge >= 0.3 is 0 Å². The van der Waals surface area contributed by atoms with Gasteiger partial charge in [-0.15, -0.1) is 0 Å². The van der Waals surface area contributed by atoms with Crippen molar-refractivity contribution in [3.63, 3.8) is 0 Å². The molecule has 0 saturated heterocycles. The van der Waals surface area contributed by atoms with Crippen LogP contribution in [0.4, 0.5) is 20.2 Å². The third-order valence-electron chi connectivity index (χ3n) is 3.55. The lowest BCUT2D eigenvalue weighted by atomic mass is 10.1.